The first kappa shape index (κ1) is 14.1. The predicted molar refractivity (Wildman–Crippen MR) is 81.0 cm³/mol. The van der Waals surface area contributed by atoms with Crippen molar-refractivity contribution in [3.05, 3.63) is 54.6 Å². The van der Waals surface area contributed by atoms with Gasteiger partial charge in [0, 0.05) is 11.6 Å². The van der Waals surface area contributed by atoms with Gasteiger partial charge in [0.2, 0.25) is 5.91 Å². The first-order chi connectivity index (χ1) is 9.69. The Morgan fingerprint density at radius 2 is 1.65 bits per heavy atom. The highest BCUT2D eigenvalue weighted by Gasteiger charge is 2.10. The van der Waals surface area contributed by atoms with Gasteiger partial charge >= 0.3 is 0 Å². The molecule has 3 nitrogen and oxygen atoms in total. The quantitative estimate of drug-likeness (QED) is 0.870. The highest BCUT2D eigenvalue weighted by molar-refractivity contribution is 5.92. The molecule has 0 fully saturated rings. The van der Waals surface area contributed by atoms with Crippen molar-refractivity contribution < 1.29 is 9.53 Å². The van der Waals surface area contributed by atoms with Crippen molar-refractivity contribution in [2.45, 2.75) is 20.3 Å². The van der Waals surface area contributed by atoms with E-state index in [1.807, 2.05) is 68.4 Å². The Kier molecular flexibility index (Phi) is 4.77. The smallest absolute Gasteiger partial charge is 0.227 e. The van der Waals surface area contributed by atoms with Crippen molar-refractivity contribution in [3.63, 3.8) is 0 Å². The molecule has 20 heavy (non-hydrogen) atoms. The predicted octanol–water partition coefficient (Wildman–Crippen LogP) is 4.46. The molecule has 0 aliphatic rings. The molecule has 0 heterocycles. The number of ether oxygens (including phenoxy) is 1. The number of nitrogens with one attached hydrogen (secondary N) is 1. The molecular weight excluding hydrogens is 250 g/mol. The lowest BCUT2D eigenvalue weighted by Gasteiger charge is -2.11. The summed E-state index contributed by atoms with van der Waals surface area (Å²) in [4.78, 5) is 11.8. The van der Waals surface area contributed by atoms with Crippen LogP contribution in [-0.2, 0) is 4.79 Å². The number of anilines is 1. The van der Waals surface area contributed by atoms with E-state index >= 15 is 0 Å². The molecule has 0 saturated carbocycles. The molecular formula is C17H19NO2. The van der Waals surface area contributed by atoms with Crippen LogP contribution in [0, 0.1) is 5.92 Å². The molecule has 0 radical (unpaired) electrons. The highest BCUT2D eigenvalue weighted by atomic mass is 16.5. The maximum atomic E-state index is 11.8. The van der Waals surface area contributed by atoms with Gasteiger partial charge in [0.1, 0.15) is 11.5 Å². The lowest BCUT2D eigenvalue weighted by atomic mass is 10.1. The van der Waals surface area contributed by atoms with E-state index in [0.29, 0.717) is 0 Å². The summed E-state index contributed by atoms with van der Waals surface area (Å²) >= 11 is 0. The fourth-order valence-corrected chi connectivity index (χ4v) is 1.68. The van der Waals surface area contributed by atoms with Crippen LogP contribution in [0.5, 0.6) is 11.5 Å². The van der Waals surface area contributed by atoms with Crippen LogP contribution in [0.4, 0.5) is 5.69 Å². The maximum absolute atomic E-state index is 11.8. The van der Waals surface area contributed by atoms with Crippen LogP contribution in [0.25, 0.3) is 0 Å². The largest absolute Gasteiger partial charge is 0.457 e. The summed E-state index contributed by atoms with van der Waals surface area (Å²) in [6.07, 6.45) is 0.834. The fourth-order valence-electron chi connectivity index (χ4n) is 1.68. The molecule has 3 heteroatoms. The second-order valence-electron chi connectivity index (χ2n) is 4.74. The zero-order valence-corrected chi connectivity index (χ0v) is 11.8. The standard InChI is InChI=1S/C17H19NO2/c1-3-13(2)17(19)18-14-9-11-16(12-10-14)20-15-7-5-4-6-8-15/h4-13H,3H2,1-2H3,(H,18,19). The van der Waals surface area contributed by atoms with E-state index in [1.54, 1.807) is 0 Å². The molecule has 2 rings (SSSR count). The van der Waals surface area contributed by atoms with E-state index in [1.165, 1.54) is 0 Å². The molecule has 0 aliphatic heterocycles. The van der Waals surface area contributed by atoms with Crippen LogP contribution in [0.3, 0.4) is 0 Å². The summed E-state index contributed by atoms with van der Waals surface area (Å²) in [5.41, 5.74) is 0.788. The van der Waals surface area contributed by atoms with E-state index in [9.17, 15) is 4.79 Å². The van der Waals surface area contributed by atoms with Gasteiger partial charge in [-0.3, -0.25) is 4.79 Å². The van der Waals surface area contributed by atoms with E-state index < -0.39 is 0 Å². The van der Waals surface area contributed by atoms with Gasteiger partial charge in [-0.15, -0.1) is 0 Å². The minimum atomic E-state index is 0.0234. The van der Waals surface area contributed by atoms with Gasteiger partial charge in [0.25, 0.3) is 0 Å². The van der Waals surface area contributed by atoms with Crippen LogP contribution in [0.2, 0.25) is 0 Å². The molecule has 2 aromatic rings. The number of para-hydroxylation sites is 1. The minimum absolute atomic E-state index is 0.0234. The van der Waals surface area contributed by atoms with Crippen molar-refractivity contribution in [2.75, 3.05) is 5.32 Å². The van der Waals surface area contributed by atoms with E-state index in [2.05, 4.69) is 5.32 Å². The van der Waals surface area contributed by atoms with E-state index in [0.717, 1.165) is 23.6 Å². The molecule has 1 N–H and O–H groups in total. The summed E-state index contributed by atoms with van der Waals surface area (Å²) in [5.74, 6) is 1.61. The van der Waals surface area contributed by atoms with Crippen molar-refractivity contribution >= 4 is 11.6 Å². The second-order valence-corrected chi connectivity index (χ2v) is 4.74. The molecule has 0 saturated heterocycles. The summed E-state index contributed by atoms with van der Waals surface area (Å²) in [5, 5.41) is 2.89. The van der Waals surface area contributed by atoms with Gasteiger partial charge < -0.3 is 10.1 Å². The van der Waals surface area contributed by atoms with Gasteiger partial charge in [-0.05, 0) is 42.8 Å². The van der Waals surface area contributed by atoms with Crippen LogP contribution < -0.4 is 10.1 Å². The Morgan fingerprint density at radius 3 is 2.25 bits per heavy atom. The van der Waals surface area contributed by atoms with Crippen molar-refractivity contribution in [2.24, 2.45) is 5.92 Å². The van der Waals surface area contributed by atoms with Crippen LogP contribution in [-0.4, -0.2) is 5.91 Å². The molecule has 104 valence electrons. The zero-order chi connectivity index (χ0) is 14.4. The van der Waals surface area contributed by atoms with Gasteiger partial charge in [-0.1, -0.05) is 32.0 Å². The molecule has 1 atom stereocenters. The Labute approximate surface area is 119 Å². The third-order valence-corrected chi connectivity index (χ3v) is 3.16. The van der Waals surface area contributed by atoms with Gasteiger partial charge in [0.15, 0.2) is 0 Å². The minimum Gasteiger partial charge on any atom is -0.457 e. The van der Waals surface area contributed by atoms with Crippen molar-refractivity contribution in [3.8, 4) is 11.5 Å². The average Bonchev–Trinajstić information content (AvgIpc) is 2.49. The Bertz CT molecular complexity index is 549. The number of rotatable bonds is 5. The third-order valence-electron chi connectivity index (χ3n) is 3.16. The van der Waals surface area contributed by atoms with Gasteiger partial charge in [-0.25, -0.2) is 0 Å². The Balaban J connectivity index is 1.98. The highest BCUT2D eigenvalue weighted by Crippen LogP contribution is 2.22. The normalized spacial score (nSPS) is 11.7. The van der Waals surface area contributed by atoms with E-state index in [-0.39, 0.29) is 11.8 Å². The maximum Gasteiger partial charge on any atom is 0.227 e. The summed E-state index contributed by atoms with van der Waals surface area (Å²) < 4.78 is 5.69. The lowest BCUT2D eigenvalue weighted by Crippen LogP contribution is -2.19. The zero-order valence-electron chi connectivity index (χ0n) is 11.8. The monoisotopic (exact) mass is 269 g/mol. The molecule has 1 amide bonds. The lowest BCUT2D eigenvalue weighted by molar-refractivity contribution is -0.119. The summed E-state index contributed by atoms with van der Waals surface area (Å²) in [6, 6.07) is 17.0. The Hall–Kier alpha value is -2.29. The molecule has 2 aromatic carbocycles. The molecule has 0 spiro atoms. The van der Waals surface area contributed by atoms with Crippen LogP contribution in [0.1, 0.15) is 20.3 Å². The number of carbonyl (C=O) groups is 1. The number of carbonyl (C=O) groups excluding carboxylic acids is 1. The average molecular weight is 269 g/mol. The second kappa shape index (κ2) is 6.75. The SMILES string of the molecule is CCC(C)C(=O)Nc1ccc(Oc2ccccc2)cc1. The first-order valence-electron chi connectivity index (χ1n) is 6.83. The Morgan fingerprint density at radius 1 is 1.05 bits per heavy atom. The molecule has 0 aliphatic carbocycles. The number of amides is 1. The number of hydrogen-bond donors (Lipinski definition) is 1. The molecule has 0 aromatic heterocycles. The van der Waals surface area contributed by atoms with Crippen LogP contribution in [0.15, 0.2) is 54.6 Å². The number of benzene rings is 2. The van der Waals surface area contributed by atoms with Crippen molar-refractivity contribution in [1.82, 2.24) is 0 Å². The summed E-state index contributed by atoms with van der Waals surface area (Å²) in [6.45, 7) is 3.92. The topological polar surface area (TPSA) is 38.3 Å². The number of hydrogen-bond acceptors (Lipinski definition) is 2. The third kappa shape index (κ3) is 3.85. The first-order valence-corrected chi connectivity index (χ1v) is 6.83. The van der Waals surface area contributed by atoms with E-state index in [4.69, 9.17) is 4.74 Å². The van der Waals surface area contributed by atoms with Crippen molar-refractivity contribution in [1.29, 1.82) is 0 Å². The van der Waals surface area contributed by atoms with Crippen LogP contribution >= 0.6 is 0 Å². The molecule has 0 bridgehead atoms. The van der Waals surface area contributed by atoms with Gasteiger partial charge in [-0.2, -0.15) is 0 Å². The fraction of sp³-hybridized carbons (Fsp3) is 0.235. The molecule has 1 unspecified atom stereocenters. The summed E-state index contributed by atoms with van der Waals surface area (Å²) in [7, 11) is 0. The van der Waals surface area contributed by atoms with Gasteiger partial charge in [0.05, 0.1) is 0 Å².